The zero-order valence-corrected chi connectivity index (χ0v) is 12.7. The van der Waals surface area contributed by atoms with Gasteiger partial charge in [-0.25, -0.2) is 0 Å². The molecule has 2 aliphatic heterocycles. The van der Waals surface area contributed by atoms with Gasteiger partial charge in [0.2, 0.25) is 0 Å². The lowest BCUT2D eigenvalue weighted by molar-refractivity contribution is 0.0572. The molecule has 5 heteroatoms. The van der Waals surface area contributed by atoms with Gasteiger partial charge in [-0.2, -0.15) is 0 Å². The molecule has 0 aromatic heterocycles. The molecule has 0 N–H and O–H groups in total. The molecule has 23 heavy (non-hydrogen) atoms. The van der Waals surface area contributed by atoms with E-state index in [4.69, 9.17) is 4.74 Å². The van der Waals surface area contributed by atoms with E-state index in [1.54, 1.807) is 23.0 Å². The molecular weight excluding hydrogens is 292 g/mol. The Morgan fingerprint density at radius 1 is 0.957 bits per heavy atom. The minimum Gasteiger partial charge on any atom is -0.383 e. The maximum absolute atomic E-state index is 12.9. The number of amides is 2. The number of anilines is 1. The Hall–Kier alpha value is -2.66. The van der Waals surface area contributed by atoms with E-state index in [2.05, 4.69) is 0 Å². The Kier molecular flexibility index (Phi) is 3.16. The second-order valence-electron chi connectivity index (χ2n) is 5.64. The maximum Gasteiger partial charge on any atom is 0.260 e. The first-order chi connectivity index (χ1) is 11.2. The third-order valence-corrected chi connectivity index (χ3v) is 4.42. The molecule has 0 radical (unpaired) electrons. The summed E-state index contributed by atoms with van der Waals surface area (Å²) >= 11 is 0. The van der Waals surface area contributed by atoms with Crippen molar-refractivity contribution in [2.75, 3.05) is 25.2 Å². The lowest BCUT2D eigenvalue weighted by Crippen LogP contribution is -2.49. The van der Waals surface area contributed by atoms with Crippen molar-refractivity contribution in [3.05, 3.63) is 65.2 Å². The number of benzene rings is 2. The molecule has 0 saturated heterocycles. The Morgan fingerprint density at radius 3 is 2.43 bits per heavy atom. The number of hydrogen-bond donors (Lipinski definition) is 0. The van der Waals surface area contributed by atoms with E-state index in [1.807, 2.05) is 42.5 Å². The number of nitrogens with zero attached hydrogens (tertiary/aromatic N) is 2. The van der Waals surface area contributed by atoms with Crippen LogP contribution in [-0.4, -0.2) is 37.0 Å². The summed E-state index contributed by atoms with van der Waals surface area (Å²) in [4.78, 5) is 29.2. The molecular formula is C18H16N2O3. The molecule has 2 heterocycles. The van der Waals surface area contributed by atoms with Gasteiger partial charge in [-0.15, -0.1) is 0 Å². The maximum atomic E-state index is 12.9. The second kappa shape index (κ2) is 5.21. The molecule has 0 saturated carbocycles. The van der Waals surface area contributed by atoms with Gasteiger partial charge in [0.15, 0.2) is 0 Å². The van der Waals surface area contributed by atoms with Gasteiger partial charge in [0.05, 0.1) is 17.9 Å². The molecule has 0 spiro atoms. The summed E-state index contributed by atoms with van der Waals surface area (Å²) in [6.45, 7) is 0.862. The van der Waals surface area contributed by atoms with Crippen LogP contribution in [0.25, 0.3) is 0 Å². The lowest BCUT2D eigenvalue weighted by Gasteiger charge is -2.40. The highest BCUT2D eigenvalue weighted by Gasteiger charge is 2.47. The summed E-state index contributed by atoms with van der Waals surface area (Å²) in [6.07, 6.45) is -0.392. The van der Waals surface area contributed by atoms with Gasteiger partial charge >= 0.3 is 0 Å². The van der Waals surface area contributed by atoms with Crippen molar-refractivity contribution in [2.45, 2.75) is 6.17 Å². The number of methoxy groups -OCH3 is 1. The molecule has 0 bridgehead atoms. The average Bonchev–Trinajstić information content (AvgIpc) is 2.89. The highest BCUT2D eigenvalue weighted by atomic mass is 16.5. The van der Waals surface area contributed by atoms with E-state index in [1.165, 1.54) is 0 Å². The number of ether oxygens (including phenoxy) is 1. The van der Waals surface area contributed by atoms with Gasteiger partial charge in [-0.05, 0) is 18.2 Å². The summed E-state index contributed by atoms with van der Waals surface area (Å²) in [7, 11) is 1.61. The molecule has 1 atom stereocenters. The molecule has 2 amide bonds. The van der Waals surface area contributed by atoms with Crippen molar-refractivity contribution in [3.63, 3.8) is 0 Å². The SMILES string of the molecule is COCCN1C(=O)c2ccccc2N2C(=O)c3ccccc3[C@@H]12. The van der Waals surface area contributed by atoms with Crippen LogP contribution in [0.4, 0.5) is 5.69 Å². The Morgan fingerprint density at radius 2 is 1.65 bits per heavy atom. The fraction of sp³-hybridized carbons (Fsp3) is 0.222. The highest BCUT2D eigenvalue weighted by molar-refractivity contribution is 6.16. The van der Waals surface area contributed by atoms with E-state index in [0.717, 1.165) is 5.56 Å². The normalized spacial score (nSPS) is 18.7. The predicted octanol–water partition coefficient (Wildman–Crippen LogP) is 2.45. The predicted molar refractivity (Wildman–Crippen MR) is 85.3 cm³/mol. The topological polar surface area (TPSA) is 49.9 Å². The quantitative estimate of drug-likeness (QED) is 0.875. The first-order valence-corrected chi connectivity index (χ1v) is 7.55. The van der Waals surface area contributed by atoms with Crippen LogP contribution in [0.1, 0.15) is 32.4 Å². The van der Waals surface area contributed by atoms with Gasteiger partial charge in [-0.1, -0.05) is 30.3 Å². The fourth-order valence-electron chi connectivity index (χ4n) is 3.39. The number of fused-ring (bicyclic) bond motifs is 5. The first-order valence-electron chi connectivity index (χ1n) is 7.55. The Bertz CT molecular complexity index is 802. The number of para-hydroxylation sites is 1. The summed E-state index contributed by atoms with van der Waals surface area (Å²) < 4.78 is 5.15. The summed E-state index contributed by atoms with van der Waals surface area (Å²) in [5.74, 6) is -0.128. The van der Waals surface area contributed by atoms with Gasteiger partial charge < -0.3 is 9.64 Å². The van der Waals surface area contributed by atoms with Crippen LogP contribution in [0.15, 0.2) is 48.5 Å². The third-order valence-electron chi connectivity index (χ3n) is 4.42. The van der Waals surface area contributed by atoms with E-state index < -0.39 is 6.17 Å². The zero-order chi connectivity index (χ0) is 16.0. The summed E-state index contributed by atoms with van der Waals surface area (Å²) in [5.41, 5.74) is 2.76. The molecule has 2 aromatic carbocycles. The summed E-state index contributed by atoms with van der Waals surface area (Å²) in [6, 6.07) is 14.7. The van der Waals surface area contributed by atoms with Crippen LogP contribution < -0.4 is 4.90 Å². The molecule has 0 aliphatic carbocycles. The van der Waals surface area contributed by atoms with Crippen molar-refractivity contribution in [3.8, 4) is 0 Å². The smallest absolute Gasteiger partial charge is 0.260 e. The van der Waals surface area contributed by atoms with E-state index in [-0.39, 0.29) is 11.8 Å². The lowest BCUT2D eigenvalue weighted by atomic mass is 10.0. The van der Waals surface area contributed by atoms with Crippen LogP contribution >= 0.6 is 0 Å². The molecule has 2 aliphatic rings. The number of rotatable bonds is 3. The minimum absolute atomic E-state index is 0.0621. The van der Waals surface area contributed by atoms with E-state index >= 15 is 0 Å². The minimum atomic E-state index is -0.392. The van der Waals surface area contributed by atoms with Crippen molar-refractivity contribution in [1.29, 1.82) is 0 Å². The van der Waals surface area contributed by atoms with Gasteiger partial charge in [0, 0.05) is 24.8 Å². The first kappa shape index (κ1) is 14.0. The highest BCUT2D eigenvalue weighted by Crippen LogP contribution is 2.44. The van der Waals surface area contributed by atoms with Crippen molar-refractivity contribution in [1.82, 2.24) is 4.90 Å². The van der Waals surface area contributed by atoms with Crippen LogP contribution in [-0.2, 0) is 4.74 Å². The molecule has 0 unspecified atom stereocenters. The van der Waals surface area contributed by atoms with Crippen LogP contribution in [0.5, 0.6) is 0 Å². The standard InChI is InChI=1S/C18H16N2O3/c1-23-11-10-19-16-12-6-2-3-7-13(12)18(22)20(16)15-9-5-4-8-14(15)17(19)21/h2-9,16H,10-11H2,1H3/t16-/m0/s1. The second-order valence-corrected chi connectivity index (χ2v) is 5.64. The van der Waals surface area contributed by atoms with E-state index in [9.17, 15) is 9.59 Å². The fourth-order valence-corrected chi connectivity index (χ4v) is 3.39. The van der Waals surface area contributed by atoms with Crippen molar-refractivity contribution >= 4 is 17.5 Å². The van der Waals surface area contributed by atoms with Crippen molar-refractivity contribution in [2.24, 2.45) is 0 Å². The molecule has 4 rings (SSSR count). The van der Waals surface area contributed by atoms with Gasteiger partial charge in [-0.3, -0.25) is 14.5 Å². The van der Waals surface area contributed by atoms with Crippen molar-refractivity contribution < 1.29 is 14.3 Å². The molecule has 5 nitrogen and oxygen atoms in total. The van der Waals surface area contributed by atoms with E-state index in [0.29, 0.717) is 30.0 Å². The summed E-state index contributed by atoms with van der Waals surface area (Å²) in [5, 5.41) is 0. The monoisotopic (exact) mass is 308 g/mol. The number of carbonyl (C=O) groups excluding carboxylic acids is 2. The van der Waals surface area contributed by atoms with Crippen LogP contribution in [0.2, 0.25) is 0 Å². The zero-order valence-electron chi connectivity index (χ0n) is 12.7. The molecule has 116 valence electrons. The number of hydrogen-bond acceptors (Lipinski definition) is 3. The van der Waals surface area contributed by atoms with Gasteiger partial charge in [0.25, 0.3) is 11.8 Å². The van der Waals surface area contributed by atoms with Crippen LogP contribution in [0, 0.1) is 0 Å². The average molecular weight is 308 g/mol. The Balaban J connectivity index is 1.91. The van der Waals surface area contributed by atoms with Gasteiger partial charge in [0.1, 0.15) is 6.17 Å². The van der Waals surface area contributed by atoms with Crippen LogP contribution in [0.3, 0.4) is 0 Å². The Labute approximate surface area is 134 Å². The molecule has 2 aromatic rings. The number of carbonyl (C=O) groups is 2. The largest absolute Gasteiger partial charge is 0.383 e. The third kappa shape index (κ3) is 1.90. The molecule has 0 fully saturated rings.